The first-order chi connectivity index (χ1) is 6.61. The van der Waals surface area contributed by atoms with Gasteiger partial charge in [-0.1, -0.05) is 0 Å². The molecule has 5 nitrogen and oxygen atoms in total. The van der Waals surface area contributed by atoms with Crippen LogP contribution in [0.5, 0.6) is 0 Å². The van der Waals surface area contributed by atoms with Crippen LogP contribution in [0.1, 0.15) is 20.7 Å². The molecule has 0 saturated heterocycles. The number of carboxylic acids is 2. The molecule has 0 bridgehead atoms. The van der Waals surface area contributed by atoms with Crippen LogP contribution in [0.25, 0.3) is 0 Å². The first-order valence-corrected chi connectivity index (χ1v) is 3.93. The fourth-order valence-electron chi connectivity index (χ4n) is 0.755. The van der Waals surface area contributed by atoms with E-state index in [9.17, 15) is 9.59 Å². The Morgan fingerprint density at radius 2 is 1.14 bits per heavy atom. The molecular formula is C8H8NNiO4. The summed E-state index contributed by atoms with van der Waals surface area (Å²) in [6.45, 7) is 0. The van der Waals surface area contributed by atoms with Crippen LogP contribution in [-0.2, 0) is 15.7 Å². The zero-order valence-corrected chi connectivity index (χ0v) is 7.90. The molecule has 1 rings (SSSR count). The van der Waals surface area contributed by atoms with Crippen LogP contribution >= 0.6 is 0 Å². The summed E-state index contributed by atoms with van der Waals surface area (Å²) >= 11 is 3.38. The third-order valence-corrected chi connectivity index (χ3v) is 1.38. The van der Waals surface area contributed by atoms with Crippen LogP contribution in [0.15, 0.2) is 24.3 Å². The van der Waals surface area contributed by atoms with E-state index < -0.39 is 11.9 Å². The van der Waals surface area contributed by atoms with Gasteiger partial charge < -0.3 is 10.2 Å². The molecule has 14 heavy (non-hydrogen) atoms. The number of hydrogen-bond acceptors (Lipinski definition) is 3. The number of carbonyl (C=O) groups is 2. The van der Waals surface area contributed by atoms with E-state index in [1.54, 1.807) is 0 Å². The maximum absolute atomic E-state index is 10.3. The van der Waals surface area contributed by atoms with Crippen molar-refractivity contribution in [3.05, 3.63) is 35.4 Å². The monoisotopic (exact) mass is 240 g/mol. The van der Waals surface area contributed by atoms with Gasteiger partial charge in [0.2, 0.25) is 0 Å². The predicted molar refractivity (Wildman–Crippen MR) is 44.5 cm³/mol. The predicted octanol–water partition coefficient (Wildman–Crippen LogP) is 0.490. The van der Waals surface area contributed by atoms with Gasteiger partial charge in [-0.3, -0.25) is 0 Å². The molecule has 0 heterocycles. The molecule has 79 valence electrons. The van der Waals surface area contributed by atoms with Crippen LogP contribution in [0.2, 0.25) is 0 Å². The quantitative estimate of drug-likeness (QED) is 0.654. The van der Waals surface area contributed by atoms with Crippen molar-refractivity contribution >= 4 is 11.9 Å². The average molecular weight is 241 g/mol. The molecule has 4 N–H and O–H groups in total. The first-order valence-electron chi connectivity index (χ1n) is 3.36. The molecule has 6 heteroatoms. The molecule has 0 fully saturated rings. The topological polar surface area (TPSA) is 101 Å². The van der Waals surface area contributed by atoms with E-state index in [1.807, 2.05) is 0 Å². The van der Waals surface area contributed by atoms with Gasteiger partial charge in [0.05, 0.1) is 11.1 Å². The Morgan fingerprint density at radius 1 is 0.929 bits per heavy atom. The van der Waals surface area contributed by atoms with Crippen molar-refractivity contribution in [3.63, 3.8) is 0 Å². The van der Waals surface area contributed by atoms with Crippen LogP contribution in [0.4, 0.5) is 0 Å². The first kappa shape index (κ1) is 12.6. The Morgan fingerprint density at radius 3 is 1.29 bits per heavy atom. The van der Waals surface area contributed by atoms with Crippen molar-refractivity contribution in [2.24, 2.45) is 4.81 Å². The van der Waals surface area contributed by atoms with E-state index in [1.165, 1.54) is 24.3 Å². The Balaban J connectivity index is 0.000000791. The standard InChI is InChI=1S/C8H6O4.H2N.Ni/c9-7(10)5-1-2-6(4-3-5)8(11)12;;/h1-4H,(H,9,10)(H,11,12);1H2;/q;-1;+1. The minimum absolute atomic E-state index is 0.0833. The van der Waals surface area contributed by atoms with Gasteiger partial charge in [-0.2, -0.15) is 0 Å². The normalized spacial score (nSPS) is 8.50. The number of nitrogens with two attached hydrogens (primary N) is 1. The van der Waals surface area contributed by atoms with Crippen LogP contribution in [0.3, 0.4) is 0 Å². The van der Waals surface area contributed by atoms with Crippen LogP contribution in [0, 0.1) is 0 Å². The molecule has 0 aliphatic carbocycles. The fourth-order valence-corrected chi connectivity index (χ4v) is 0.755. The number of rotatable bonds is 2. The summed E-state index contributed by atoms with van der Waals surface area (Å²) in [6.07, 6.45) is 0. The summed E-state index contributed by atoms with van der Waals surface area (Å²) in [5, 5.41) is 16.9. The summed E-state index contributed by atoms with van der Waals surface area (Å²) in [5.41, 5.74) is 0.167. The van der Waals surface area contributed by atoms with E-state index in [0.717, 1.165) is 0 Å². The van der Waals surface area contributed by atoms with Crippen molar-refractivity contribution in [3.8, 4) is 0 Å². The molecule has 0 aromatic heterocycles. The van der Waals surface area contributed by atoms with Gasteiger partial charge in [0.1, 0.15) is 0 Å². The summed E-state index contributed by atoms with van der Waals surface area (Å²) in [4.78, 5) is 24.8. The van der Waals surface area contributed by atoms with Crippen molar-refractivity contribution < 1.29 is 35.5 Å². The van der Waals surface area contributed by atoms with Crippen molar-refractivity contribution in [2.45, 2.75) is 0 Å². The third kappa shape index (κ3) is 3.55. The van der Waals surface area contributed by atoms with E-state index in [2.05, 4.69) is 20.5 Å². The number of aromatic carboxylic acids is 2. The van der Waals surface area contributed by atoms with E-state index in [-0.39, 0.29) is 11.1 Å². The number of benzene rings is 1. The van der Waals surface area contributed by atoms with E-state index >= 15 is 0 Å². The van der Waals surface area contributed by atoms with Crippen LogP contribution < -0.4 is 4.81 Å². The zero-order valence-electron chi connectivity index (χ0n) is 6.91. The molecule has 1 aromatic carbocycles. The molecule has 1 aromatic rings. The molecule has 0 amide bonds. The Kier molecular flexibility index (Phi) is 5.52. The molecule has 0 aliphatic rings. The zero-order chi connectivity index (χ0) is 11.1. The van der Waals surface area contributed by atoms with E-state index in [0.29, 0.717) is 0 Å². The van der Waals surface area contributed by atoms with Crippen molar-refractivity contribution in [2.75, 3.05) is 0 Å². The SMILES string of the molecule is O=C(O)c1ccc(C(=O)O)cc1.[NH2][Ni]. The molecule has 0 spiro atoms. The molecule has 0 saturated carbocycles. The van der Waals surface area contributed by atoms with Crippen molar-refractivity contribution in [1.82, 2.24) is 0 Å². The Labute approximate surface area is 88.1 Å². The Hall–Kier alpha value is -1.39. The van der Waals surface area contributed by atoms with Gasteiger partial charge in [-0.25, -0.2) is 9.59 Å². The third-order valence-electron chi connectivity index (χ3n) is 1.38. The number of carboxylic acid groups (broad SMARTS) is 2. The average Bonchev–Trinajstić information content (AvgIpc) is 2.21. The second-order valence-corrected chi connectivity index (χ2v) is 2.19. The summed E-state index contributed by atoms with van der Waals surface area (Å²) in [5.74, 6) is -2.13. The van der Waals surface area contributed by atoms with Gasteiger partial charge in [0, 0.05) is 0 Å². The van der Waals surface area contributed by atoms with Gasteiger partial charge in [0.25, 0.3) is 0 Å². The van der Waals surface area contributed by atoms with Gasteiger partial charge in [0.15, 0.2) is 0 Å². The minimum atomic E-state index is -1.06. The number of hydrogen-bond donors (Lipinski definition) is 3. The second kappa shape index (κ2) is 6.13. The van der Waals surface area contributed by atoms with E-state index in [4.69, 9.17) is 10.2 Å². The molecule has 0 aliphatic heterocycles. The Bertz CT molecular complexity index is 290. The summed E-state index contributed by atoms with van der Waals surface area (Å²) < 4.78 is 0. The van der Waals surface area contributed by atoms with Crippen molar-refractivity contribution in [1.29, 1.82) is 0 Å². The maximum atomic E-state index is 10.3. The summed E-state index contributed by atoms with van der Waals surface area (Å²) in [6, 6.07) is 5.02. The fraction of sp³-hybridized carbons (Fsp3) is 0. The molecule has 0 radical (unpaired) electrons. The molecular weight excluding hydrogens is 233 g/mol. The van der Waals surface area contributed by atoms with Crippen LogP contribution in [-0.4, -0.2) is 22.2 Å². The van der Waals surface area contributed by atoms with Gasteiger partial charge >= 0.3 is 32.4 Å². The summed E-state index contributed by atoms with van der Waals surface area (Å²) in [7, 11) is 0. The van der Waals surface area contributed by atoms with Gasteiger partial charge in [-0.15, -0.1) is 0 Å². The molecule has 0 atom stereocenters. The molecule has 0 unspecified atom stereocenters. The second-order valence-electron chi connectivity index (χ2n) is 2.19. The van der Waals surface area contributed by atoms with Gasteiger partial charge in [-0.05, 0) is 24.3 Å².